The van der Waals surface area contributed by atoms with Gasteiger partial charge in [-0.25, -0.2) is 4.39 Å². The van der Waals surface area contributed by atoms with Crippen LogP contribution in [0, 0.1) is 5.82 Å². The zero-order valence-corrected chi connectivity index (χ0v) is 15.4. The Kier molecular flexibility index (Phi) is 4.62. The Morgan fingerprint density at radius 2 is 1.61 bits per heavy atom. The van der Waals surface area contributed by atoms with Crippen LogP contribution in [-0.2, 0) is 6.42 Å². The van der Waals surface area contributed by atoms with E-state index in [1.54, 1.807) is 10.5 Å². The lowest BCUT2D eigenvalue weighted by Crippen LogP contribution is -2.05. The summed E-state index contributed by atoms with van der Waals surface area (Å²) >= 11 is 0. The molecule has 138 valence electrons. The first-order chi connectivity index (χ1) is 13.5. The van der Waals surface area contributed by atoms with E-state index in [2.05, 4.69) is 12.1 Å². The molecular weight excluding hydrogens is 353 g/mol. The summed E-state index contributed by atoms with van der Waals surface area (Å²) in [5.74, 6) is -0.752. The number of fused-ring (bicyclic) bond motifs is 1. The van der Waals surface area contributed by atoms with Gasteiger partial charge in [-0.1, -0.05) is 30.3 Å². The van der Waals surface area contributed by atoms with Gasteiger partial charge in [-0.15, -0.1) is 0 Å². The highest BCUT2D eigenvalue weighted by atomic mass is 19.1. The van der Waals surface area contributed by atoms with Gasteiger partial charge in [0.2, 0.25) is 5.78 Å². The van der Waals surface area contributed by atoms with Crippen LogP contribution in [0.25, 0.3) is 5.52 Å². The van der Waals surface area contributed by atoms with Crippen molar-refractivity contribution < 1.29 is 14.0 Å². The summed E-state index contributed by atoms with van der Waals surface area (Å²) < 4.78 is 14.9. The number of ketones is 2. The molecule has 0 aliphatic carbocycles. The lowest BCUT2D eigenvalue weighted by Gasteiger charge is -2.06. The van der Waals surface area contributed by atoms with Crippen LogP contribution in [0.3, 0.4) is 0 Å². The summed E-state index contributed by atoms with van der Waals surface area (Å²) in [5, 5.41) is 0. The maximum atomic E-state index is 13.2. The minimum atomic E-state index is -0.397. The number of benzene rings is 2. The summed E-state index contributed by atoms with van der Waals surface area (Å²) in [7, 11) is 0. The van der Waals surface area contributed by atoms with E-state index in [4.69, 9.17) is 0 Å². The summed E-state index contributed by atoms with van der Waals surface area (Å²) in [6.45, 7) is 1.49. The van der Waals surface area contributed by atoms with E-state index in [9.17, 15) is 14.0 Å². The Balaban J connectivity index is 1.79. The maximum Gasteiger partial charge on any atom is 0.209 e. The second-order valence-corrected chi connectivity index (χ2v) is 6.79. The maximum absolute atomic E-state index is 13.2. The minimum absolute atomic E-state index is 0.104. The first kappa shape index (κ1) is 17.9. The monoisotopic (exact) mass is 371 g/mol. The molecule has 4 rings (SSSR count). The van der Waals surface area contributed by atoms with Crippen molar-refractivity contribution in [3.8, 4) is 0 Å². The zero-order valence-electron chi connectivity index (χ0n) is 15.4. The smallest absolute Gasteiger partial charge is 0.209 e. The van der Waals surface area contributed by atoms with E-state index in [-0.39, 0.29) is 11.6 Å². The van der Waals surface area contributed by atoms with Crippen molar-refractivity contribution in [1.82, 2.24) is 4.40 Å². The molecule has 4 aromatic rings. The molecule has 0 aliphatic heterocycles. The molecule has 0 saturated heterocycles. The number of pyridine rings is 1. The molecule has 0 N–H and O–H groups in total. The van der Waals surface area contributed by atoms with Gasteiger partial charge in [-0.2, -0.15) is 0 Å². The fourth-order valence-corrected chi connectivity index (χ4v) is 3.39. The molecule has 0 spiro atoms. The SMILES string of the molecule is CC(=O)c1cc(C(=O)c2ccc(F)cc2)n2ccc(Cc3ccccc3)cc12. The van der Waals surface area contributed by atoms with E-state index >= 15 is 0 Å². The van der Waals surface area contributed by atoms with Crippen LogP contribution >= 0.6 is 0 Å². The second kappa shape index (κ2) is 7.24. The molecule has 0 fully saturated rings. The number of nitrogens with zero attached hydrogens (tertiary/aromatic N) is 1. The van der Waals surface area contributed by atoms with Crippen molar-refractivity contribution in [2.24, 2.45) is 0 Å². The van der Waals surface area contributed by atoms with E-state index in [0.717, 1.165) is 12.0 Å². The third kappa shape index (κ3) is 3.37. The van der Waals surface area contributed by atoms with Crippen molar-refractivity contribution in [2.45, 2.75) is 13.3 Å². The molecule has 2 aromatic heterocycles. The molecule has 0 saturated carbocycles. The highest BCUT2D eigenvalue weighted by Crippen LogP contribution is 2.23. The molecule has 0 radical (unpaired) electrons. The fraction of sp³-hybridized carbons (Fsp3) is 0.0833. The van der Waals surface area contributed by atoms with Crippen LogP contribution in [0.5, 0.6) is 0 Å². The molecule has 2 heterocycles. The molecule has 3 nitrogen and oxygen atoms in total. The van der Waals surface area contributed by atoms with Gasteiger partial charge in [0, 0.05) is 17.3 Å². The van der Waals surface area contributed by atoms with E-state index < -0.39 is 5.82 Å². The number of carbonyl (C=O) groups is 2. The lowest BCUT2D eigenvalue weighted by molar-refractivity contribution is 0.101. The normalized spacial score (nSPS) is 10.9. The molecule has 4 heteroatoms. The minimum Gasteiger partial charge on any atom is -0.313 e. The molecule has 0 bridgehead atoms. The molecule has 0 unspecified atom stereocenters. The van der Waals surface area contributed by atoms with Crippen LogP contribution in [0.4, 0.5) is 4.39 Å². The van der Waals surface area contributed by atoms with E-state index in [0.29, 0.717) is 22.3 Å². The predicted octanol–water partition coefficient (Wildman–Crippen LogP) is 5.10. The summed E-state index contributed by atoms with van der Waals surface area (Å²) in [6, 6.07) is 21.0. The number of aromatic nitrogens is 1. The van der Waals surface area contributed by atoms with Crippen LogP contribution in [-0.4, -0.2) is 16.0 Å². The topological polar surface area (TPSA) is 38.5 Å². The van der Waals surface area contributed by atoms with Gasteiger partial charge >= 0.3 is 0 Å². The quantitative estimate of drug-likeness (QED) is 0.458. The largest absolute Gasteiger partial charge is 0.313 e. The van der Waals surface area contributed by atoms with Crippen molar-refractivity contribution in [3.05, 3.63) is 113 Å². The highest BCUT2D eigenvalue weighted by Gasteiger charge is 2.19. The summed E-state index contributed by atoms with van der Waals surface area (Å²) in [5.41, 5.74) is 4.19. The molecule has 28 heavy (non-hydrogen) atoms. The molecule has 0 atom stereocenters. The van der Waals surface area contributed by atoms with Gasteiger partial charge in [0.1, 0.15) is 5.82 Å². The molecule has 0 aliphatic rings. The molecule has 0 amide bonds. The van der Waals surface area contributed by atoms with Crippen LogP contribution < -0.4 is 0 Å². The van der Waals surface area contributed by atoms with E-state index in [1.807, 2.05) is 36.5 Å². The Morgan fingerprint density at radius 1 is 0.893 bits per heavy atom. The Hall–Kier alpha value is -3.53. The highest BCUT2D eigenvalue weighted by molar-refractivity contribution is 6.12. The second-order valence-electron chi connectivity index (χ2n) is 6.79. The van der Waals surface area contributed by atoms with Crippen LogP contribution in [0.2, 0.25) is 0 Å². The van der Waals surface area contributed by atoms with Gasteiger partial charge < -0.3 is 4.40 Å². The summed E-state index contributed by atoms with van der Waals surface area (Å²) in [4.78, 5) is 25.1. The van der Waals surface area contributed by atoms with Gasteiger partial charge in [0.25, 0.3) is 0 Å². The number of carbonyl (C=O) groups excluding carboxylic acids is 2. The average molecular weight is 371 g/mol. The van der Waals surface area contributed by atoms with Gasteiger partial charge in [-0.05, 0) is 66.9 Å². The number of hydrogen-bond donors (Lipinski definition) is 0. The zero-order chi connectivity index (χ0) is 19.7. The van der Waals surface area contributed by atoms with Crippen LogP contribution in [0.15, 0.2) is 79.0 Å². The number of Topliss-reactive ketones (excluding diaryl/α,β-unsaturated/α-hetero) is 1. The lowest BCUT2D eigenvalue weighted by atomic mass is 10.0. The van der Waals surface area contributed by atoms with Crippen molar-refractivity contribution >= 4 is 17.1 Å². The third-order valence-electron chi connectivity index (χ3n) is 4.81. The number of halogens is 1. The van der Waals surface area contributed by atoms with Crippen LogP contribution in [0.1, 0.15) is 44.5 Å². The van der Waals surface area contributed by atoms with Crippen molar-refractivity contribution in [1.29, 1.82) is 0 Å². The first-order valence-electron chi connectivity index (χ1n) is 9.02. The van der Waals surface area contributed by atoms with E-state index in [1.165, 1.54) is 36.8 Å². The van der Waals surface area contributed by atoms with Gasteiger partial charge in [0.05, 0.1) is 11.2 Å². The average Bonchev–Trinajstić information content (AvgIpc) is 3.08. The Morgan fingerprint density at radius 3 is 2.29 bits per heavy atom. The Bertz CT molecular complexity index is 1170. The standard InChI is InChI=1S/C24H18FNO2/c1-16(27)21-15-23(24(28)19-7-9-20(25)10-8-19)26-12-11-18(14-22(21)26)13-17-5-3-2-4-6-17/h2-12,14-15H,13H2,1H3. The number of hydrogen-bond acceptors (Lipinski definition) is 2. The first-order valence-corrected chi connectivity index (χ1v) is 9.02. The van der Waals surface area contributed by atoms with Gasteiger partial charge in [0.15, 0.2) is 5.78 Å². The summed E-state index contributed by atoms with van der Waals surface area (Å²) in [6.07, 6.45) is 2.55. The molecule has 2 aromatic carbocycles. The predicted molar refractivity (Wildman–Crippen MR) is 106 cm³/mol. The number of rotatable bonds is 5. The fourth-order valence-electron chi connectivity index (χ4n) is 3.39. The third-order valence-corrected chi connectivity index (χ3v) is 4.81. The Labute approximate surface area is 162 Å². The van der Waals surface area contributed by atoms with Gasteiger partial charge in [-0.3, -0.25) is 9.59 Å². The van der Waals surface area contributed by atoms with Crippen molar-refractivity contribution in [3.63, 3.8) is 0 Å². The molecular formula is C24H18FNO2. The van der Waals surface area contributed by atoms with Crippen molar-refractivity contribution in [2.75, 3.05) is 0 Å².